The first-order chi connectivity index (χ1) is 11.4. The van der Waals surface area contributed by atoms with Gasteiger partial charge < -0.3 is 24.8 Å². The van der Waals surface area contributed by atoms with Gasteiger partial charge in [-0.2, -0.15) is 0 Å². The van der Waals surface area contributed by atoms with E-state index in [9.17, 15) is 19.7 Å². The van der Waals surface area contributed by atoms with Gasteiger partial charge >= 0.3 is 19.2 Å². The number of carboxylic acids is 1. The number of rotatable bonds is 4. The van der Waals surface area contributed by atoms with E-state index in [1.54, 1.807) is 32.9 Å². The summed E-state index contributed by atoms with van der Waals surface area (Å²) in [5.74, 6) is -1.16. The Bertz CT molecular complexity index is 682. The maximum absolute atomic E-state index is 11.8. The van der Waals surface area contributed by atoms with E-state index >= 15 is 0 Å². The molecular weight excluding hydrogens is 325 g/mol. The van der Waals surface area contributed by atoms with E-state index in [2.05, 4.69) is 5.32 Å². The van der Waals surface area contributed by atoms with Crippen LogP contribution in [-0.4, -0.2) is 41.0 Å². The van der Waals surface area contributed by atoms with E-state index in [0.717, 1.165) is 5.56 Å². The van der Waals surface area contributed by atoms with Gasteiger partial charge in [-0.1, -0.05) is 18.2 Å². The molecule has 25 heavy (non-hydrogen) atoms. The number of alkyl carbamates (subject to hydrolysis) is 1. The summed E-state index contributed by atoms with van der Waals surface area (Å²) in [4.78, 5) is 23.3. The number of ether oxygens (including phenoxy) is 1. The topological polar surface area (TPSA) is 105 Å². The molecule has 1 aliphatic heterocycles. The molecule has 1 aliphatic rings. The quantitative estimate of drug-likeness (QED) is 0.705. The molecule has 1 aromatic rings. The van der Waals surface area contributed by atoms with Crippen LogP contribution in [0.4, 0.5) is 4.79 Å². The Labute approximate surface area is 147 Å². The molecule has 0 radical (unpaired) electrons. The van der Waals surface area contributed by atoms with E-state index in [-0.39, 0.29) is 6.42 Å². The van der Waals surface area contributed by atoms with Crippen molar-refractivity contribution in [3.05, 3.63) is 29.3 Å². The van der Waals surface area contributed by atoms with Crippen LogP contribution in [0.5, 0.6) is 0 Å². The van der Waals surface area contributed by atoms with E-state index in [1.807, 2.05) is 19.9 Å². The fraction of sp³-hybridized carbons (Fsp3) is 0.529. The minimum atomic E-state index is -1.16. The molecule has 0 saturated carbocycles. The van der Waals surface area contributed by atoms with Gasteiger partial charge in [0.05, 0.1) is 5.60 Å². The van der Waals surface area contributed by atoms with E-state index < -0.39 is 36.4 Å². The summed E-state index contributed by atoms with van der Waals surface area (Å²) < 4.78 is 10.6. The van der Waals surface area contributed by atoms with Gasteiger partial charge in [-0.15, -0.1) is 0 Å². The van der Waals surface area contributed by atoms with Crippen molar-refractivity contribution in [3.63, 3.8) is 0 Å². The van der Waals surface area contributed by atoms with Gasteiger partial charge in [-0.05, 0) is 51.2 Å². The molecule has 0 unspecified atom stereocenters. The largest absolute Gasteiger partial charge is 0.492 e. The molecule has 3 N–H and O–H groups in total. The van der Waals surface area contributed by atoms with Crippen molar-refractivity contribution in [2.45, 2.75) is 58.3 Å². The summed E-state index contributed by atoms with van der Waals surface area (Å²) in [7, 11) is -1.05. The van der Waals surface area contributed by atoms with E-state index in [1.165, 1.54) is 0 Å². The fourth-order valence-electron chi connectivity index (χ4n) is 2.78. The summed E-state index contributed by atoms with van der Waals surface area (Å²) in [5, 5.41) is 21.8. The zero-order chi connectivity index (χ0) is 19.0. The number of aliphatic carboxylic acids is 1. The van der Waals surface area contributed by atoms with Crippen LogP contribution in [-0.2, 0) is 26.2 Å². The number of hydrogen-bond donors (Lipinski definition) is 3. The van der Waals surface area contributed by atoms with Crippen LogP contribution < -0.4 is 10.8 Å². The Hall–Kier alpha value is -2.06. The molecule has 0 fully saturated rings. The highest BCUT2D eigenvalue weighted by Gasteiger charge is 2.40. The molecule has 1 atom stereocenters. The molecule has 8 heteroatoms. The second kappa shape index (κ2) is 6.69. The van der Waals surface area contributed by atoms with Crippen molar-refractivity contribution in [3.8, 4) is 0 Å². The molecule has 1 heterocycles. The van der Waals surface area contributed by atoms with Crippen molar-refractivity contribution >= 4 is 24.6 Å². The number of carbonyl (C=O) groups excluding carboxylic acids is 1. The summed E-state index contributed by atoms with van der Waals surface area (Å²) in [6.45, 7) is 8.81. The van der Waals surface area contributed by atoms with Crippen LogP contribution >= 0.6 is 0 Å². The molecule has 0 spiro atoms. The van der Waals surface area contributed by atoms with E-state index in [0.29, 0.717) is 11.0 Å². The van der Waals surface area contributed by atoms with Crippen LogP contribution in [0.25, 0.3) is 0 Å². The van der Waals surface area contributed by atoms with Crippen molar-refractivity contribution in [1.82, 2.24) is 5.32 Å². The average molecular weight is 349 g/mol. The normalized spacial score (nSPS) is 17.0. The number of carbonyl (C=O) groups is 2. The molecule has 0 saturated heterocycles. The molecular formula is C17H24BNO6. The Balaban J connectivity index is 2.15. The number of fused-ring (bicyclic) bond motifs is 1. The average Bonchev–Trinajstić information content (AvgIpc) is 2.65. The van der Waals surface area contributed by atoms with Crippen LogP contribution in [0.15, 0.2) is 18.2 Å². The number of carboxylic acid groups (broad SMARTS) is 1. The first kappa shape index (κ1) is 19.3. The summed E-state index contributed by atoms with van der Waals surface area (Å²) in [6, 6.07) is 4.16. The third-order valence-corrected chi connectivity index (χ3v) is 3.87. The monoisotopic (exact) mass is 349 g/mol. The minimum Gasteiger partial charge on any atom is -0.480 e. The summed E-state index contributed by atoms with van der Waals surface area (Å²) >= 11 is 0. The first-order valence-corrected chi connectivity index (χ1v) is 8.10. The predicted octanol–water partition coefficient (Wildman–Crippen LogP) is 1.16. The first-order valence-electron chi connectivity index (χ1n) is 8.10. The lowest BCUT2D eigenvalue weighted by molar-refractivity contribution is -0.139. The third-order valence-electron chi connectivity index (χ3n) is 3.87. The van der Waals surface area contributed by atoms with Crippen molar-refractivity contribution < 1.29 is 29.1 Å². The van der Waals surface area contributed by atoms with Gasteiger partial charge in [0.15, 0.2) is 0 Å². The second-order valence-electron chi connectivity index (χ2n) is 7.64. The lowest BCUT2D eigenvalue weighted by atomic mass is 9.77. The summed E-state index contributed by atoms with van der Waals surface area (Å²) in [5.41, 5.74) is 0.823. The number of amides is 1. The van der Waals surface area contributed by atoms with Crippen molar-refractivity contribution in [2.75, 3.05) is 0 Å². The van der Waals surface area contributed by atoms with Crippen LogP contribution in [0.3, 0.4) is 0 Å². The highest BCUT2D eigenvalue weighted by Crippen LogP contribution is 2.30. The standard InChI is InChI=1S/C17H24BNO6/c1-16(2,3)24-15(22)19-13(14(20)21)9-10-6-7-11-12(8-10)18(23)25-17(11,4)5/h6-8,13,23H,9H2,1-5H3,(H,19,22)(H,20,21)/t13-/m0/s1. The number of hydrogen-bond acceptors (Lipinski definition) is 5. The van der Waals surface area contributed by atoms with Gasteiger partial charge in [0.25, 0.3) is 0 Å². The highest BCUT2D eigenvalue weighted by molar-refractivity contribution is 6.62. The summed E-state index contributed by atoms with van der Waals surface area (Å²) in [6.07, 6.45) is -0.722. The van der Waals surface area contributed by atoms with Gasteiger partial charge in [0.1, 0.15) is 11.6 Å². The fourth-order valence-corrected chi connectivity index (χ4v) is 2.78. The smallest absolute Gasteiger partial charge is 0.480 e. The Morgan fingerprint density at radius 3 is 2.56 bits per heavy atom. The molecule has 1 aromatic carbocycles. The Morgan fingerprint density at radius 1 is 1.36 bits per heavy atom. The van der Waals surface area contributed by atoms with Crippen molar-refractivity contribution in [1.29, 1.82) is 0 Å². The third kappa shape index (κ3) is 4.73. The molecule has 0 bridgehead atoms. The lowest BCUT2D eigenvalue weighted by Gasteiger charge is -2.22. The van der Waals surface area contributed by atoms with Gasteiger partial charge in [0, 0.05) is 6.42 Å². The van der Waals surface area contributed by atoms with Crippen LogP contribution in [0.1, 0.15) is 45.7 Å². The second-order valence-corrected chi connectivity index (χ2v) is 7.64. The molecule has 7 nitrogen and oxygen atoms in total. The minimum absolute atomic E-state index is 0.0645. The molecule has 0 aromatic heterocycles. The lowest BCUT2D eigenvalue weighted by Crippen LogP contribution is -2.44. The van der Waals surface area contributed by atoms with Crippen LogP contribution in [0.2, 0.25) is 0 Å². The number of benzene rings is 1. The van der Waals surface area contributed by atoms with Crippen molar-refractivity contribution in [2.24, 2.45) is 0 Å². The molecule has 136 valence electrons. The Morgan fingerprint density at radius 2 is 2.00 bits per heavy atom. The maximum atomic E-state index is 11.8. The molecule has 0 aliphatic carbocycles. The van der Waals surface area contributed by atoms with Gasteiger partial charge in [-0.25, -0.2) is 9.59 Å². The SMILES string of the molecule is CC(C)(C)OC(=O)N[C@@H](Cc1ccc2c(c1)B(O)OC2(C)C)C(=O)O. The van der Waals surface area contributed by atoms with Crippen LogP contribution in [0, 0.1) is 0 Å². The number of nitrogens with one attached hydrogen (secondary N) is 1. The maximum Gasteiger partial charge on any atom is 0.492 e. The Kier molecular flexibility index (Phi) is 5.15. The molecule has 1 amide bonds. The zero-order valence-electron chi connectivity index (χ0n) is 15.1. The van der Waals surface area contributed by atoms with Gasteiger partial charge in [-0.3, -0.25) is 0 Å². The highest BCUT2D eigenvalue weighted by atomic mass is 16.6. The van der Waals surface area contributed by atoms with E-state index in [4.69, 9.17) is 9.39 Å². The predicted molar refractivity (Wildman–Crippen MR) is 92.7 cm³/mol. The zero-order valence-corrected chi connectivity index (χ0v) is 15.1. The van der Waals surface area contributed by atoms with Gasteiger partial charge in [0.2, 0.25) is 0 Å². The molecule has 2 rings (SSSR count).